The fraction of sp³-hybridized carbons (Fsp3) is 0.727. The van der Waals surface area contributed by atoms with E-state index in [1.165, 1.54) is 0 Å². The molecule has 84 valence electrons. The fourth-order valence-corrected chi connectivity index (χ4v) is 1.79. The maximum absolute atomic E-state index is 11.4. The number of hydrogen-bond acceptors (Lipinski definition) is 3. The first-order chi connectivity index (χ1) is 7.24. The predicted octanol–water partition coefficient (Wildman–Crippen LogP) is -0.371. The van der Waals surface area contributed by atoms with Crippen LogP contribution in [0.25, 0.3) is 0 Å². The van der Waals surface area contributed by atoms with Gasteiger partial charge in [0.05, 0.1) is 25.2 Å². The Hall–Kier alpha value is -1.05. The van der Waals surface area contributed by atoms with Gasteiger partial charge in [-0.3, -0.25) is 10.1 Å². The second-order valence-electron chi connectivity index (χ2n) is 3.83. The number of rotatable bonds is 4. The van der Waals surface area contributed by atoms with Crippen molar-refractivity contribution in [2.24, 2.45) is 0 Å². The van der Waals surface area contributed by atoms with E-state index in [4.69, 9.17) is 6.42 Å². The molecule has 0 aliphatic heterocycles. The lowest BCUT2D eigenvalue weighted by molar-refractivity contribution is -0.122. The van der Waals surface area contributed by atoms with E-state index in [1.807, 2.05) is 0 Å². The SMILES string of the molecule is C#CCNCC(=O)NC1CCCCC1O. The molecule has 2 unspecified atom stereocenters. The van der Waals surface area contributed by atoms with E-state index >= 15 is 0 Å². The number of aliphatic hydroxyl groups is 1. The summed E-state index contributed by atoms with van der Waals surface area (Å²) >= 11 is 0. The van der Waals surface area contributed by atoms with Crippen LogP contribution in [0.4, 0.5) is 0 Å². The second kappa shape index (κ2) is 6.44. The summed E-state index contributed by atoms with van der Waals surface area (Å²) in [5.41, 5.74) is 0. The lowest BCUT2D eigenvalue weighted by Crippen LogP contribution is -2.47. The summed E-state index contributed by atoms with van der Waals surface area (Å²) < 4.78 is 0. The number of carbonyl (C=O) groups is 1. The van der Waals surface area contributed by atoms with Crippen LogP contribution in [0.1, 0.15) is 25.7 Å². The van der Waals surface area contributed by atoms with Crippen LogP contribution < -0.4 is 10.6 Å². The highest BCUT2D eigenvalue weighted by Gasteiger charge is 2.23. The Morgan fingerprint density at radius 1 is 1.47 bits per heavy atom. The molecule has 1 fully saturated rings. The zero-order valence-corrected chi connectivity index (χ0v) is 8.83. The van der Waals surface area contributed by atoms with E-state index in [9.17, 15) is 9.90 Å². The first kappa shape index (κ1) is 12.0. The number of nitrogens with one attached hydrogen (secondary N) is 2. The van der Waals surface area contributed by atoms with Gasteiger partial charge in [-0.15, -0.1) is 6.42 Å². The van der Waals surface area contributed by atoms with Gasteiger partial charge in [0.25, 0.3) is 0 Å². The average molecular weight is 210 g/mol. The van der Waals surface area contributed by atoms with E-state index in [0.717, 1.165) is 25.7 Å². The molecule has 0 spiro atoms. The molecule has 1 aliphatic rings. The summed E-state index contributed by atoms with van der Waals surface area (Å²) in [6.45, 7) is 0.605. The van der Waals surface area contributed by atoms with Gasteiger partial charge < -0.3 is 10.4 Å². The Morgan fingerprint density at radius 3 is 2.87 bits per heavy atom. The van der Waals surface area contributed by atoms with Gasteiger partial charge in [0, 0.05) is 0 Å². The second-order valence-corrected chi connectivity index (χ2v) is 3.83. The number of carbonyl (C=O) groups excluding carboxylic acids is 1. The van der Waals surface area contributed by atoms with Crippen LogP contribution in [0, 0.1) is 12.3 Å². The number of hydrogen-bond donors (Lipinski definition) is 3. The van der Waals surface area contributed by atoms with Gasteiger partial charge in [-0.1, -0.05) is 18.8 Å². The van der Waals surface area contributed by atoms with E-state index in [2.05, 4.69) is 16.6 Å². The molecule has 0 saturated heterocycles. The smallest absolute Gasteiger partial charge is 0.234 e. The van der Waals surface area contributed by atoms with Gasteiger partial charge in [0.1, 0.15) is 0 Å². The summed E-state index contributed by atoms with van der Waals surface area (Å²) in [7, 11) is 0. The van der Waals surface area contributed by atoms with Crippen molar-refractivity contribution < 1.29 is 9.90 Å². The van der Waals surface area contributed by atoms with E-state index in [0.29, 0.717) is 6.54 Å². The molecule has 4 heteroatoms. The highest BCUT2D eigenvalue weighted by Crippen LogP contribution is 2.17. The van der Waals surface area contributed by atoms with Crippen LogP contribution in [0.5, 0.6) is 0 Å². The maximum atomic E-state index is 11.4. The number of aliphatic hydroxyl groups excluding tert-OH is 1. The molecule has 0 bridgehead atoms. The van der Waals surface area contributed by atoms with Crippen LogP contribution in [0.15, 0.2) is 0 Å². The minimum atomic E-state index is -0.393. The molecule has 2 atom stereocenters. The molecule has 0 radical (unpaired) electrons. The fourth-order valence-electron chi connectivity index (χ4n) is 1.79. The van der Waals surface area contributed by atoms with E-state index in [1.54, 1.807) is 0 Å². The minimum Gasteiger partial charge on any atom is -0.391 e. The van der Waals surface area contributed by atoms with Crippen LogP contribution >= 0.6 is 0 Å². The van der Waals surface area contributed by atoms with Gasteiger partial charge in [-0.2, -0.15) is 0 Å². The van der Waals surface area contributed by atoms with Crippen LogP contribution in [0.3, 0.4) is 0 Å². The maximum Gasteiger partial charge on any atom is 0.234 e. The zero-order chi connectivity index (χ0) is 11.1. The molecule has 0 heterocycles. The van der Waals surface area contributed by atoms with Crippen LogP contribution in [-0.2, 0) is 4.79 Å². The zero-order valence-electron chi connectivity index (χ0n) is 8.83. The van der Waals surface area contributed by atoms with Gasteiger partial charge >= 0.3 is 0 Å². The monoisotopic (exact) mass is 210 g/mol. The molecule has 4 nitrogen and oxygen atoms in total. The van der Waals surface area contributed by atoms with Gasteiger partial charge in [0.15, 0.2) is 0 Å². The molecular weight excluding hydrogens is 192 g/mol. The average Bonchev–Trinajstić information content (AvgIpc) is 2.22. The number of terminal acetylenes is 1. The molecule has 0 aromatic carbocycles. The molecule has 0 aromatic rings. The first-order valence-electron chi connectivity index (χ1n) is 5.35. The van der Waals surface area contributed by atoms with E-state index in [-0.39, 0.29) is 18.5 Å². The Labute approximate surface area is 90.4 Å². The number of amides is 1. The highest BCUT2D eigenvalue weighted by molar-refractivity contribution is 5.78. The van der Waals surface area contributed by atoms with E-state index < -0.39 is 6.10 Å². The van der Waals surface area contributed by atoms with Crippen LogP contribution in [-0.4, -0.2) is 36.2 Å². The van der Waals surface area contributed by atoms with Crippen molar-refractivity contribution in [3.05, 3.63) is 0 Å². The molecule has 0 aromatic heterocycles. The molecular formula is C11H18N2O2. The molecule has 1 saturated carbocycles. The summed E-state index contributed by atoms with van der Waals surface area (Å²) in [6, 6.07) is -0.0844. The highest BCUT2D eigenvalue weighted by atomic mass is 16.3. The topological polar surface area (TPSA) is 61.4 Å². The lowest BCUT2D eigenvalue weighted by Gasteiger charge is -2.28. The van der Waals surface area contributed by atoms with Crippen molar-refractivity contribution in [1.82, 2.24) is 10.6 Å². The first-order valence-corrected chi connectivity index (χ1v) is 5.35. The summed E-state index contributed by atoms with van der Waals surface area (Å²) in [5.74, 6) is 2.29. The largest absolute Gasteiger partial charge is 0.391 e. The van der Waals surface area contributed by atoms with Crippen molar-refractivity contribution in [3.8, 4) is 12.3 Å². The standard InChI is InChI=1S/C11H18N2O2/c1-2-7-12-8-11(15)13-9-5-3-4-6-10(9)14/h1,9-10,12,14H,3-8H2,(H,13,15). The van der Waals surface area contributed by atoms with Crippen molar-refractivity contribution >= 4 is 5.91 Å². The van der Waals surface area contributed by atoms with Gasteiger partial charge in [0.2, 0.25) is 5.91 Å². The molecule has 1 aliphatic carbocycles. The lowest BCUT2D eigenvalue weighted by atomic mass is 9.92. The van der Waals surface area contributed by atoms with Gasteiger partial charge in [-0.05, 0) is 12.8 Å². The van der Waals surface area contributed by atoms with Crippen molar-refractivity contribution in [2.75, 3.05) is 13.1 Å². The van der Waals surface area contributed by atoms with Crippen molar-refractivity contribution in [1.29, 1.82) is 0 Å². The Bertz CT molecular complexity index is 247. The molecule has 1 amide bonds. The Morgan fingerprint density at radius 2 is 2.20 bits per heavy atom. The summed E-state index contributed by atoms with van der Waals surface area (Å²) in [4.78, 5) is 11.4. The Balaban J connectivity index is 2.21. The quantitative estimate of drug-likeness (QED) is 0.438. The molecule has 1 rings (SSSR count). The van der Waals surface area contributed by atoms with Gasteiger partial charge in [-0.25, -0.2) is 0 Å². The van der Waals surface area contributed by atoms with Crippen molar-refractivity contribution in [2.45, 2.75) is 37.8 Å². The Kier molecular flexibility index (Phi) is 5.16. The minimum absolute atomic E-state index is 0.0844. The third-order valence-corrected chi connectivity index (χ3v) is 2.59. The predicted molar refractivity (Wildman–Crippen MR) is 58.1 cm³/mol. The third kappa shape index (κ3) is 4.32. The normalized spacial score (nSPS) is 25.6. The summed E-state index contributed by atoms with van der Waals surface area (Å²) in [6.07, 6.45) is 8.40. The summed E-state index contributed by atoms with van der Waals surface area (Å²) in [5, 5.41) is 15.2. The molecule has 15 heavy (non-hydrogen) atoms. The van der Waals surface area contributed by atoms with Crippen LogP contribution in [0.2, 0.25) is 0 Å². The van der Waals surface area contributed by atoms with Crippen molar-refractivity contribution in [3.63, 3.8) is 0 Å². The third-order valence-electron chi connectivity index (χ3n) is 2.59. The molecule has 3 N–H and O–H groups in total.